The van der Waals surface area contributed by atoms with Gasteiger partial charge in [-0.15, -0.1) is 0 Å². The van der Waals surface area contributed by atoms with E-state index in [1.165, 1.54) is 6.07 Å². The summed E-state index contributed by atoms with van der Waals surface area (Å²) in [6, 6.07) is 5.12. The lowest BCUT2D eigenvalue weighted by atomic mass is 9.68. The third-order valence-corrected chi connectivity index (χ3v) is 4.43. The highest BCUT2D eigenvalue weighted by Crippen LogP contribution is 2.43. The molecule has 1 aromatic rings. The number of methoxy groups -OCH3 is 2. The molecule has 0 radical (unpaired) electrons. The van der Waals surface area contributed by atoms with Gasteiger partial charge in [0.05, 0.1) is 5.54 Å². The molecule has 0 amide bonds. The minimum Gasteiger partial charge on any atom is -0.356 e. The van der Waals surface area contributed by atoms with Gasteiger partial charge in [0.15, 0.2) is 6.29 Å². The average molecular weight is 281 g/mol. The van der Waals surface area contributed by atoms with Crippen LogP contribution >= 0.6 is 0 Å². The Morgan fingerprint density at radius 2 is 2.00 bits per heavy atom. The minimum atomic E-state index is -0.731. The van der Waals surface area contributed by atoms with Gasteiger partial charge in [-0.25, -0.2) is 4.39 Å². The van der Waals surface area contributed by atoms with E-state index in [4.69, 9.17) is 15.2 Å². The van der Waals surface area contributed by atoms with Crippen LogP contribution in [0.1, 0.15) is 36.8 Å². The monoisotopic (exact) mass is 281 g/mol. The summed E-state index contributed by atoms with van der Waals surface area (Å²) in [5.41, 5.74) is 7.52. The van der Waals surface area contributed by atoms with Crippen LogP contribution in [0.5, 0.6) is 0 Å². The summed E-state index contributed by atoms with van der Waals surface area (Å²) in [5.74, 6) is -0.279. The summed E-state index contributed by atoms with van der Waals surface area (Å²) in [5, 5.41) is 0. The van der Waals surface area contributed by atoms with Crippen LogP contribution in [0.25, 0.3) is 0 Å². The number of halogens is 1. The third kappa shape index (κ3) is 2.73. The average Bonchev–Trinajstić information content (AvgIpc) is 2.45. The Hall–Kier alpha value is -0.970. The maximum Gasteiger partial charge on any atom is 0.161 e. The van der Waals surface area contributed by atoms with E-state index in [-0.39, 0.29) is 11.7 Å². The van der Waals surface area contributed by atoms with Crippen LogP contribution in [0.15, 0.2) is 18.2 Å². The number of aryl methyl sites for hydroxylation is 1. The molecule has 1 fully saturated rings. The van der Waals surface area contributed by atoms with Crippen molar-refractivity contribution in [2.75, 3.05) is 14.2 Å². The van der Waals surface area contributed by atoms with E-state index in [0.717, 1.165) is 31.2 Å². The highest BCUT2D eigenvalue weighted by molar-refractivity contribution is 5.32. The maximum absolute atomic E-state index is 14.3. The highest BCUT2D eigenvalue weighted by Gasteiger charge is 2.44. The minimum absolute atomic E-state index is 0.0393. The molecule has 1 saturated carbocycles. The summed E-state index contributed by atoms with van der Waals surface area (Å²) in [6.45, 7) is 1.95. The van der Waals surface area contributed by atoms with Gasteiger partial charge in [-0.3, -0.25) is 0 Å². The Morgan fingerprint density at radius 1 is 1.30 bits per heavy atom. The number of hydrogen-bond donors (Lipinski definition) is 1. The topological polar surface area (TPSA) is 44.5 Å². The molecule has 2 unspecified atom stereocenters. The quantitative estimate of drug-likeness (QED) is 0.863. The highest BCUT2D eigenvalue weighted by atomic mass is 19.1. The van der Waals surface area contributed by atoms with Crippen molar-refractivity contribution in [2.45, 2.75) is 44.4 Å². The van der Waals surface area contributed by atoms with Crippen LogP contribution < -0.4 is 5.73 Å². The summed E-state index contributed by atoms with van der Waals surface area (Å²) >= 11 is 0. The van der Waals surface area contributed by atoms with Crippen LogP contribution in [0.3, 0.4) is 0 Å². The number of rotatable bonds is 4. The molecule has 1 aliphatic rings. The number of nitrogens with two attached hydrogens (primary N) is 1. The summed E-state index contributed by atoms with van der Waals surface area (Å²) < 4.78 is 25.1. The molecule has 0 heterocycles. The molecule has 0 bridgehead atoms. The van der Waals surface area contributed by atoms with Crippen molar-refractivity contribution < 1.29 is 13.9 Å². The molecule has 0 saturated heterocycles. The van der Waals surface area contributed by atoms with Crippen molar-refractivity contribution in [3.05, 3.63) is 35.1 Å². The standard InChI is InChI=1S/C16H24FNO2/c1-11-7-8-14(17)13(10-11)16(18)9-5-4-6-12(16)15(19-2)20-3/h7-8,10,12,15H,4-6,9,18H2,1-3H3. The van der Waals surface area contributed by atoms with E-state index in [1.54, 1.807) is 20.3 Å². The SMILES string of the molecule is COC(OC)C1CCCCC1(N)c1cc(C)ccc1F. The number of ether oxygens (including phenoxy) is 2. The van der Waals surface area contributed by atoms with Crippen LogP contribution in [0.4, 0.5) is 4.39 Å². The Kier molecular flexibility index (Phi) is 4.78. The van der Waals surface area contributed by atoms with Crippen molar-refractivity contribution >= 4 is 0 Å². The molecule has 0 aromatic heterocycles. The lowest BCUT2D eigenvalue weighted by molar-refractivity contribution is -0.162. The first-order valence-electron chi connectivity index (χ1n) is 7.14. The van der Waals surface area contributed by atoms with Crippen molar-refractivity contribution in [1.82, 2.24) is 0 Å². The molecule has 112 valence electrons. The molecule has 2 atom stereocenters. The van der Waals surface area contributed by atoms with Gasteiger partial charge in [0.2, 0.25) is 0 Å². The predicted octanol–water partition coefficient (Wildman–Crippen LogP) is 3.10. The van der Waals surface area contributed by atoms with Gasteiger partial charge in [-0.2, -0.15) is 0 Å². The first-order chi connectivity index (χ1) is 9.52. The lowest BCUT2D eigenvalue weighted by Crippen LogP contribution is -2.52. The zero-order valence-electron chi connectivity index (χ0n) is 12.5. The summed E-state index contributed by atoms with van der Waals surface area (Å²) in [4.78, 5) is 0. The molecular formula is C16H24FNO2. The fraction of sp³-hybridized carbons (Fsp3) is 0.625. The van der Waals surface area contributed by atoms with Gasteiger partial charge < -0.3 is 15.2 Å². The number of hydrogen-bond acceptors (Lipinski definition) is 3. The normalized spacial score (nSPS) is 27.0. The Balaban J connectivity index is 2.44. The largest absolute Gasteiger partial charge is 0.356 e. The maximum atomic E-state index is 14.3. The second kappa shape index (κ2) is 6.20. The zero-order valence-corrected chi connectivity index (χ0v) is 12.5. The van der Waals surface area contributed by atoms with Gasteiger partial charge in [-0.1, -0.05) is 30.5 Å². The van der Waals surface area contributed by atoms with E-state index in [2.05, 4.69) is 0 Å². The van der Waals surface area contributed by atoms with Gasteiger partial charge in [0.25, 0.3) is 0 Å². The van der Waals surface area contributed by atoms with Gasteiger partial charge >= 0.3 is 0 Å². The molecule has 0 aliphatic heterocycles. The van der Waals surface area contributed by atoms with E-state index >= 15 is 0 Å². The predicted molar refractivity (Wildman–Crippen MR) is 76.8 cm³/mol. The van der Waals surface area contributed by atoms with Crippen LogP contribution in [-0.2, 0) is 15.0 Å². The lowest BCUT2D eigenvalue weighted by Gasteiger charge is -2.44. The molecule has 4 heteroatoms. The molecular weight excluding hydrogens is 257 g/mol. The summed E-state index contributed by atoms with van der Waals surface area (Å²) in [6.07, 6.45) is 3.30. The van der Waals surface area contributed by atoms with E-state index < -0.39 is 11.8 Å². The second-order valence-corrected chi connectivity index (χ2v) is 5.72. The molecule has 20 heavy (non-hydrogen) atoms. The van der Waals surface area contributed by atoms with Crippen LogP contribution in [-0.4, -0.2) is 20.5 Å². The summed E-state index contributed by atoms with van der Waals surface area (Å²) in [7, 11) is 3.21. The molecule has 1 aliphatic carbocycles. The Bertz CT molecular complexity index is 462. The van der Waals surface area contributed by atoms with Crippen LogP contribution in [0, 0.1) is 18.7 Å². The van der Waals surface area contributed by atoms with Gasteiger partial charge in [-0.05, 0) is 25.8 Å². The van der Waals surface area contributed by atoms with Gasteiger partial charge in [0, 0.05) is 25.7 Å². The fourth-order valence-electron chi connectivity index (χ4n) is 3.36. The first-order valence-corrected chi connectivity index (χ1v) is 7.14. The molecule has 1 aromatic carbocycles. The van der Waals surface area contributed by atoms with Crippen molar-refractivity contribution in [3.63, 3.8) is 0 Å². The zero-order chi connectivity index (χ0) is 14.8. The van der Waals surface area contributed by atoms with E-state index in [9.17, 15) is 4.39 Å². The van der Waals surface area contributed by atoms with Crippen molar-refractivity contribution in [3.8, 4) is 0 Å². The van der Waals surface area contributed by atoms with E-state index in [1.807, 2.05) is 13.0 Å². The fourth-order valence-corrected chi connectivity index (χ4v) is 3.36. The Labute approximate surface area is 120 Å². The van der Waals surface area contributed by atoms with Crippen molar-refractivity contribution in [1.29, 1.82) is 0 Å². The van der Waals surface area contributed by atoms with Crippen LogP contribution in [0.2, 0.25) is 0 Å². The molecule has 0 spiro atoms. The van der Waals surface area contributed by atoms with Gasteiger partial charge in [0.1, 0.15) is 5.82 Å². The molecule has 2 N–H and O–H groups in total. The van der Waals surface area contributed by atoms with E-state index in [0.29, 0.717) is 5.56 Å². The van der Waals surface area contributed by atoms with Crippen molar-refractivity contribution in [2.24, 2.45) is 11.7 Å². The third-order valence-electron chi connectivity index (χ3n) is 4.43. The Morgan fingerprint density at radius 3 is 2.65 bits per heavy atom. The first kappa shape index (κ1) is 15.4. The second-order valence-electron chi connectivity index (χ2n) is 5.72. The molecule has 2 rings (SSSR count). The smallest absolute Gasteiger partial charge is 0.161 e. The number of benzene rings is 1. The molecule has 3 nitrogen and oxygen atoms in total.